The van der Waals surface area contributed by atoms with Gasteiger partial charge >= 0.3 is 0 Å². The number of rotatable bonds is 2. The maximum Gasteiger partial charge on any atom is 0.160 e. The van der Waals surface area contributed by atoms with Crippen LogP contribution in [0.5, 0.6) is 5.75 Å². The molecule has 4 nitrogen and oxygen atoms in total. The molecule has 0 spiro atoms. The minimum atomic E-state index is 0.242. The normalized spacial score (nSPS) is 11.4. The lowest BCUT2D eigenvalue weighted by Gasteiger charge is -2.12. The van der Waals surface area contributed by atoms with Crippen molar-refractivity contribution in [1.29, 1.82) is 0 Å². The fraction of sp³-hybridized carbons (Fsp3) is 0.200. The van der Waals surface area contributed by atoms with Gasteiger partial charge in [0.25, 0.3) is 0 Å². The van der Waals surface area contributed by atoms with Crippen LogP contribution < -0.4 is 0 Å². The van der Waals surface area contributed by atoms with Crippen molar-refractivity contribution in [1.82, 2.24) is 14.5 Å². The Labute approximate surface area is 130 Å². The molecular weight excluding hydrogens is 365 g/mol. The summed E-state index contributed by atoms with van der Waals surface area (Å²) < 4.78 is 2.92. The molecule has 0 saturated heterocycles. The van der Waals surface area contributed by atoms with Crippen molar-refractivity contribution in [3.05, 3.63) is 40.1 Å². The Morgan fingerprint density at radius 2 is 2.05 bits per heavy atom. The maximum atomic E-state index is 9.91. The van der Waals surface area contributed by atoms with E-state index in [1.165, 1.54) is 0 Å². The van der Waals surface area contributed by atoms with Gasteiger partial charge in [-0.2, -0.15) is 0 Å². The second kappa shape index (κ2) is 5.05. The molecule has 1 N–H and O–H groups in total. The van der Waals surface area contributed by atoms with Crippen molar-refractivity contribution in [2.45, 2.75) is 19.9 Å². The Hall–Kier alpha value is -1.63. The van der Waals surface area contributed by atoms with Gasteiger partial charge in [0.1, 0.15) is 17.1 Å². The van der Waals surface area contributed by atoms with Gasteiger partial charge in [-0.1, -0.05) is 0 Å². The zero-order valence-corrected chi connectivity index (χ0v) is 13.4. The van der Waals surface area contributed by atoms with Gasteiger partial charge in [-0.05, 0) is 66.8 Å². The highest BCUT2D eigenvalue weighted by molar-refractivity contribution is 14.1. The molecule has 1 aromatic carbocycles. The molecule has 2 aromatic heterocycles. The SMILES string of the molecule is CC(C)n1c(-c2ccc(I)c(O)c2)nc2cccnc21. The number of phenolic OH excluding ortho intramolecular Hbond substituents is 1. The first kappa shape index (κ1) is 13.4. The Morgan fingerprint density at radius 1 is 1.25 bits per heavy atom. The molecule has 2 heterocycles. The molecule has 0 atom stereocenters. The number of fused-ring (bicyclic) bond motifs is 1. The monoisotopic (exact) mass is 379 g/mol. The van der Waals surface area contributed by atoms with Crippen molar-refractivity contribution in [3.8, 4) is 17.1 Å². The summed E-state index contributed by atoms with van der Waals surface area (Å²) in [4.78, 5) is 9.09. The Morgan fingerprint density at radius 3 is 2.75 bits per heavy atom. The van der Waals surface area contributed by atoms with E-state index in [1.54, 1.807) is 12.3 Å². The molecule has 0 aliphatic carbocycles. The van der Waals surface area contributed by atoms with Crippen LogP contribution in [0.1, 0.15) is 19.9 Å². The first-order valence-electron chi connectivity index (χ1n) is 6.40. The second-order valence-electron chi connectivity index (χ2n) is 4.91. The van der Waals surface area contributed by atoms with Crippen molar-refractivity contribution in [2.75, 3.05) is 0 Å². The highest BCUT2D eigenvalue weighted by Gasteiger charge is 2.16. The number of hydrogen-bond acceptors (Lipinski definition) is 3. The van der Waals surface area contributed by atoms with Gasteiger partial charge in [-0.3, -0.25) is 0 Å². The van der Waals surface area contributed by atoms with Gasteiger partial charge in [0, 0.05) is 17.8 Å². The van der Waals surface area contributed by atoms with Crippen LogP contribution in [0.15, 0.2) is 36.5 Å². The Kier molecular flexibility index (Phi) is 3.37. The van der Waals surface area contributed by atoms with Crippen LogP contribution in [0.2, 0.25) is 0 Å². The lowest BCUT2D eigenvalue weighted by molar-refractivity contribution is 0.471. The molecule has 3 rings (SSSR count). The Balaban J connectivity index is 2.29. The number of benzene rings is 1. The predicted molar refractivity (Wildman–Crippen MR) is 87.7 cm³/mol. The van der Waals surface area contributed by atoms with Crippen LogP contribution >= 0.6 is 22.6 Å². The Bertz CT molecular complexity index is 780. The van der Waals surface area contributed by atoms with Gasteiger partial charge in [0.05, 0.1) is 3.57 Å². The molecule has 5 heteroatoms. The van der Waals surface area contributed by atoms with Crippen molar-refractivity contribution < 1.29 is 5.11 Å². The minimum Gasteiger partial charge on any atom is -0.507 e. The van der Waals surface area contributed by atoms with Crippen LogP contribution in [-0.2, 0) is 0 Å². The highest BCUT2D eigenvalue weighted by atomic mass is 127. The summed E-state index contributed by atoms with van der Waals surface area (Å²) in [6, 6.07) is 9.70. The summed E-state index contributed by atoms with van der Waals surface area (Å²) >= 11 is 2.11. The van der Waals surface area contributed by atoms with Gasteiger partial charge in [-0.25, -0.2) is 9.97 Å². The molecule has 0 unspecified atom stereocenters. The van der Waals surface area contributed by atoms with Crippen molar-refractivity contribution in [3.63, 3.8) is 0 Å². The van der Waals surface area contributed by atoms with Crippen LogP contribution in [0, 0.1) is 3.57 Å². The molecule has 20 heavy (non-hydrogen) atoms. The van der Waals surface area contributed by atoms with Gasteiger partial charge in [0.2, 0.25) is 0 Å². The number of phenols is 1. The fourth-order valence-electron chi connectivity index (χ4n) is 2.27. The summed E-state index contributed by atoms with van der Waals surface area (Å²) in [5.74, 6) is 1.11. The number of hydrogen-bond donors (Lipinski definition) is 1. The standard InChI is InChI=1S/C15H14IN3O/c1-9(2)19-14(10-5-6-11(16)13(20)8-10)18-12-4-3-7-17-15(12)19/h3-9,20H,1-2H3. The van der Waals surface area contributed by atoms with Gasteiger partial charge in [-0.15, -0.1) is 0 Å². The first-order chi connectivity index (χ1) is 9.58. The highest BCUT2D eigenvalue weighted by Crippen LogP contribution is 2.30. The fourth-order valence-corrected chi connectivity index (χ4v) is 2.61. The third-order valence-corrected chi connectivity index (χ3v) is 4.08. The molecule has 0 saturated carbocycles. The first-order valence-corrected chi connectivity index (χ1v) is 7.47. The molecule has 3 aromatic rings. The average Bonchev–Trinajstić information content (AvgIpc) is 2.81. The number of nitrogens with zero attached hydrogens (tertiary/aromatic N) is 3. The minimum absolute atomic E-state index is 0.242. The summed E-state index contributed by atoms with van der Waals surface area (Å²) in [7, 11) is 0. The molecule has 0 aliphatic rings. The third kappa shape index (κ3) is 2.15. The van der Waals surface area contributed by atoms with Crippen LogP contribution in [-0.4, -0.2) is 19.6 Å². The molecule has 102 valence electrons. The summed E-state index contributed by atoms with van der Waals surface area (Å²) in [6.45, 7) is 4.21. The predicted octanol–water partition coefficient (Wildman–Crippen LogP) is 3.99. The van der Waals surface area contributed by atoms with E-state index in [1.807, 2.05) is 24.3 Å². The van der Waals surface area contributed by atoms with Crippen LogP contribution in [0.25, 0.3) is 22.6 Å². The van der Waals surface area contributed by atoms with E-state index in [2.05, 4.69) is 51.0 Å². The second-order valence-corrected chi connectivity index (χ2v) is 6.07. The topological polar surface area (TPSA) is 50.9 Å². The van der Waals surface area contributed by atoms with Crippen LogP contribution in [0.4, 0.5) is 0 Å². The van der Waals surface area contributed by atoms with E-state index >= 15 is 0 Å². The average molecular weight is 379 g/mol. The van der Waals surface area contributed by atoms with Gasteiger partial charge < -0.3 is 9.67 Å². The van der Waals surface area contributed by atoms with E-state index in [9.17, 15) is 5.11 Å². The number of aromatic nitrogens is 3. The molecular formula is C15H14IN3O. The molecule has 0 radical (unpaired) electrons. The third-order valence-electron chi connectivity index (χ3n) is 3.17. The molecule has 0 fully saturated rings. The number of imidazole rings is 1. The van der Waals surface area contributed by atoms with Gasteiger partial charge in [0.15, 0.2) is 5.65 Å². The van der Waals surface area contributed by atoms with E-state index < -0.39 is 0 Å². The number of aromatic hydroxyl groups is 1. The largest absolute Gasteiger partial charge is 0.507 e. The summed E-state index contributed by atoms with van der Waals surface area (Å²) in [6.07, 6.45) is 1.78. The molecule has 0 aliphatic heterocycles. The van der Waals surface area contributed by atoms with E-state index in [4.69, 9.17) is 0 Å². The zero-order valence-electron chi connectivity index (χ0n) is 11.2. The smallest absolute Gasteiger partial charge is 0.160 e. The van der Waals surface area contributed by atoms with Crippen LogP contribution in [0.3, 0.4) is 0 Å². The van der Waals surface area contributed by atoms with Crippen molar-refractivity contribution in [2.24, 2.45) is 0 Å². The summed E-state index contributed by atoms with van der Waals surface area (Å²) in [5, 5.41) is 9.91. The van der Waals surface area contributed by atoms with Crippen molar-refractivity contribution >= 4 is 33.8 Å². The zero-order chi connectivity index (χ0) is 14.3. The van der Waals surface area contributed by atoms with E-state index in [-0.39, 0.29) is 11.8 Å². The molecule has 0 amide bonds. The summed E-state index contributed by atoms with van der Waals surface area (Å²) in [5.41, 5.74) is 2.64. The lowest BCUT2D eigenvalue weighted by atomic mass is 10.2. The van der Waals surface area contributed by atoms with E-state index in [0.29, 0.717) is 0 Å². The quantitative estimate of drug-likeness (QED) is 0.685. The molecule has 0 bridgehead atoms. The maximum absolute atomic E-state index is 9.91. The number of halogens is 1. The lowest BCUT2D eigenvalue weighted by Crippen LogP contribution is -2.04. The van der Waals surface area contributed by atoms with E-state index in [0.717, 1.165) is 26.1 Å². The number of pyridine rings is 1.